The summed E-state index contributed by atoms with van der Waals surface area (Å²) < 4.78 is 5.38. The van der Waals surface area contributed by atoms with Gasteiger partial charge in [-0.1, -0.05) is 18.2 Å². The molecule has 0 bridgehead atoms. The van der Waals surface area contributed by atoms with E-state index in [0.29, 0.717) is 24.7 Å². The molecule has 0 radical (unpaired) electrons. The summed E-state index contributed by atoms with van der Waals surface area (Å²) in [4.78, 5) is 28.3. The lowest BCUT2D eigenvalue weighted by Gasteiger charge is -2.34. The molecule has 0 aliphatic carbocycles. The van der Waals surface area contributed by atoms with Crippen LogP contribution in [0.1, 0.15) is 31.2 Å². The number of para-hydroxylation sites is 1. The third-order valence-corrected chi connectivity index (χ3v) is 6.09. The van der Waals surface area contributed by atoms with Gasteiger partial charge >= 0.3 is 6.03 Å². The van der Waals surface area contributed by atoms with Crippen LogP contribution in [-0.2, 0) is 11.2 Å². The second-order valence-corrected chi connectivity index (χ2v) is 7.58. The number of nitrogens with one attached hydrogen (secondary N) is 1. The number of carbonyl (C=O) groups is 2. The molecule has 0 aromatic heterocycles. The number of piperidine rings is 1. The first kappa shape index (κ1) is 19.5. The van der Waals surface area contributed by atoms with Crippen LogP contribution in [0.25, 0.3) is 0 Å². The van der Waals surface area contributed by atoms with Crippen molar-refractivity contribution in [3.63, 3.8) is 0 Å². The van der Waals surface area contributed by atoms with Gasteiger partial charge in [0.05, 0.1) is 7.11 Å². The van der Waals surface area contributed by atoms with Crippen LogP contribution < -0.4 is 10.1 Å². The number of nitrogens with zero attached hydrogens (tertiary/aromatic N) is 2. The summed E-state index contributed by atoms with van der Waals surface area (Å²) in [6, 6.07) is 7.92. The van der Waals surface area contributed by atoms with Crippen LogP contribution in [0.15, 0.2) is 24.3 Å². The lowest BCUT2D eigenvalue weighted by atomic mass is 9.84. The van der Waals surface area contributed by atoms with Gasteiger partial charge in [0.2, 0.25) is 5.91 Å². The average molecular weight is 373 g/mol. The van der Waals surface area contributed by atoms with Gasteiger partial charge < -0.3 is 19.9 Å². The number of carbonyl (C=O) groups excluding carboxylic acids is 2. The Balaban J connectivity index is 1.45. The van der Waals surface area contributed by atoms with Gasteiger partial charge in [0, 0.05) is 39.6 Å². The number of urea groups is 1. The highest BCUT2D eigenvalue weighted by Crippen LogP contribution is 2.32. The molecule has 3 amide bonds. The predicted molar refractivity (Wildman–Crippen MR) is 105 cm³/mol. The highest BCUT2D eigenvalue weighted by atomic mass is 16.5. The molecule has 6 heteroatoms. The van der Waals surface area contributed by atoms with Crippen molar-refractivity contribution >= 4 is 11.9 Å². The molecule has 6 nitrogen and oxygen atoms in total. The first-order valence-corrected chi connectivity index (χ1v) is 9.98. The number of aryl methyl sites for hydroxylation is 1. The van der Waals surface area contributed by atoms with Crippen molar-refractivity contribution in [3.8, 4) is 5.75 Å². The third kappa shape index (κ3) is 4.73. The molecule has 1 N–H and O–H groups in total. The quantitative estimate of drug-likeness (QED) is 0.863. The number of likely N-dealkylation sites (tertiary alicyclic amines) is 2. The third-order valence-electron chi connectivity index (χ3n) is 6.09. The molecular formula is C21H31N3O3. The Morgan fingerprint density at radius 3 is 2.44 bits per heavy atom. The summed E-state index contributed by atoms with van der Waals surface area (Å²) >= 11 is 0. The van der Waals surface area contributed by atoms with Crippen LogP contribution in [0, 0.1) is 11.8 Å². The van der Waals surface area contributed by atoms with E-state index >= 15 is 0 Å². The van der Waals surface area contributed by atoms with Gasteiger partial charge in [-0.2, -0.15) is 0 Å². The van der Waals surface area contributed by atoms with Crippen LogP contribution in [0.4, 0.5) is 4.79 Å². The minimum atomic E-state index is 0.0213. The fraction of sp³-hybridized carbons (Fsp3) is 0.619. The number of benzene rings is 1. The Hall–Kier alpha value is -2.24. The van der Waals surface area contributed by atoms with Crippen molar-refractivity contribution in [1.82, 2.24) is 15.1 Å². The molecule has 0 saturated carbocycles. The van der Waals surface area contributed by atoms with Crippen molar-refractivity contribution < 1.29 is 14.3 Å². The molecule has 148 valence electrons. The number of amides is 3. The number of methoxy groups -OCH3 is 1. The van der Waals surface area contributed by atoms with Crippen LogP contribution >= 0.6 is 0 Å². The van der Waals surface area contributed by atoms with E-state index in [2.05, 4.69) is 5.32 Å². The normalized spacial score (nSPS) is 20.6. The van der Waals surface area contributed by atoms with Crippen LogP contribution in [0.5, 0.6) is 5.75 Å². The lowest BCUT2D eigenvalue weighted by Crippen LogP contribution is -2.44. The highest BCUT2D eigenvalue weighted by Gasteiger charge is 2.34. The van der Waals surface area contributed by atoms with E-state index in [1.807, 2.05) is 34.1 Å². The van der Waals surface area contributed by atoms with E-state index < -0.39 is 0 Å². The van der Waals surface area contributed by atoms with Crippen molar-refractivity contribution in [2.75, 3.05) is 40.3 Å². The van der Waals surface area contributed by atoms with Gasteiger partial charge in [-0.3, -0.25) is 4.79 Å². The molecule has 2 aliphatic rings. The fourth-order valence-corrected chi connectivity index (χ4v) is 4.44. The zero-order valence-electron chi connectivity index (χ0n) is 16.4. The monoisotopic (exact) mass is 373 g/mol. The Morgan fingerprint density at radius 1 is 1.07 bits per heavy atom. The molecule has 27 heavy (non-hydrogen) atoms. The summed E-state index contributed by atoms with van der Waals surface area (Å²) in [7, 11) is 3.35. The minimum Gasteiger partial charge on any atom is -0.496 e. The second-order valence-electron chi connectivity index (χ2n) is 7.58. The molecular weight excluding hydrogens is 342 g/mol. The van der Waals surface area contributed by atoms with Gasteiger partial charge in [-0.15, -0.1) is 0 Å². The molecule has 1 aromatic rings. The average Bonchev–Trinajstić information content (AvgIpc) is 3.22. The molecule has 1 atom stereocenters. The van der Waals surface area contributed by atoms with E-state index in [9.17, 15) is 9.59 Å². The molecule has 2 fully saturated rings. The maximum atomic E-state index is 12.7. The standard InChI is InChI=1S/C21H31N3O3/c1-22-21(26)23-12-9-16(10-13-23)18-11-14-24(15-18)20(25)8-7-17-5-3-4-6-19(17)27-2/h3-6,16,18H,7-15H2,1-2H3,(H,22,26). The molecule has 2 saturated heterocycles. The SMILES string of the molecule is CNC(=O)N1CCC(C2CCN(C(=O)CCc3ccccc3OC)C2)CC1. The lowest BCUT2D eigenvalue weighted by molar-refractivity contribution is -0.130. The van der Waals surface area contributed by atoms with Crippen LogP contribution in [0.3, 0.4) is 0 Å². The van der Waals surface area contributed by atoms with Gasteiger partial charge in [-0.25, -0.2) is 4.79 Å². The maximum Gasteiger partial charge on any atom is 0.317 e. The summed E-state index contributed by atoms with van der Waals surface area (Å²) in [5.74, 6) is 2.30. The van der Waals surface area contributed by atoms with E-state index in [1.165, 1.54) is 0 Å². The Morgan fingerprint density at radius 2 is 1.74 bits per heavy atom. The zero-order valence-corrected chi connectivity index (χ0v) is 16.4. The molecule has 1 unspecified atom stereocenters. The summed E-state index contributed by atoms with van der Waals surface area (Å²) in [6.07, 6.45) is 4.42. The fourth-order valence-electron chi connectivity index (χ4n) is 4.44. The summed E-state index contributed by atoms with van der Waals surface area (Å²) in [6.45, 7) is 3.38. The topological polar surface area (TPSA) is 61.9 Å². The Bertz CT molecular complexity index is 656. The number of ether oxygens (including phenoxy) is 1. The summed E-state index contributed by atoms with van der Waals surface area (Å²) in [5.41, 5.74) is 1.09. The van der Waals surface area contributed by atoms with E-state index in [4.69, 9.17) is 4.74 Å². The number of rotatable bonds is 5. The Kier molecular flexibility index (Phi) is 6.58. The molecule has 0 spiro atoms. The highest BCUT2D eigenvalue weighted by molar-refractivity contribution is 5.77. The smallest absolute Gasteiger partial charge is 0.317 e. The predicted octanol–water partition coefficient (Wildman–Crippen LogP) is 2.53. The van der Waals surface area contributed by atoms with Gasteiger partial charge in [0.1, 0.15) is 5.75 Å². The largest absolute Gasteiger partial charge is 0.496 e. The molecule has 3 rings (SSSR count). The van der Waals surface area contributed by atoms with Crippen molar-refractivity contribution in [2.45, 2.75) is 32.1 Å². The minimum absolute atomic E-state index is 0.0213. The molecule has 2 aliphatic heterocycles. The van der Waals surface area contributed by atoms with Crippen molar-refractivity contribution in [3.05, 3.63) is 29.8 Å². The van der Waals surface area contributed by atoms with E-state index in [0.717, 1.165) is 56.8 Å². The first-order chi connectivity index (χ1) is 13.1. The second kappa shape index (κ2) is 9.11. The number of hydrogen-bond donors (Lipinski definition) is 1. The van der Waals surface area contributed by atoms with E-state index in [-0.39, 0.29) is 11.9 Å². The van der Waals surface area contributed by atoms with Crippen LogP contribution in [0.2, 0.25) is 0 Å². The molecule has 1 aromatic carbocycles. The zero-order chi connectivity index (χ0) is 19.2. The first-order valence-electron chi connectivity index (χ1n) is 9.98. The summed E-state index contributed by atoms with van der Waals surface area (Å²) in [5, 5.41) is 2.70. The van der Waals surface area contributed by atoms with Crippen molar-refractivity contribution in [1.29, 1.82) is 0 Å². The van der Waals surface area contributed by atoms with Crippen LogP contribution in [-0.4, -0.2) is 62.1 Å². The molecule has 2 heterocycles. The number of hydrogen-bond acceptors (Lipinski definition) is 3. The van der Waals surface area contributed by atoms with Gasteiger partial charge in [0.25, 0.3) is 0 Å². The van der Waals surface area contributed by atoms with Gasteiger partial charge in [0.15, 0.2) is 0 Å². The van der Waals surface area contributed by atoms with E-state index in [1.54, 1.807) is 14.2 Å². The maximum absolute atomic E-state index is 12.7. The van der Waals surface area contributed by atoms with Gasteiger partial charge in [-0.05, 0) is 49.1 Å². The van der Waals surface area contributed by atoms with Crippen molar-refractivity contribution in [2.24, 2.45) is 11.8 Å². The Labute approximate surface area is 161 Å².